The van der Waals surface area contributed by atoms with Crippen LogP contribution in [0.1, 0.15) is 36.3 Å². The van der Waals surface area contributed by atoms with E-state index in [2.05, 4.69) is 32.7 Å². The summed E-state index contributed by atoms with van der Waals surface area (Å²) in [7, 11) is 0. The maximum absolute atomic E-state index is 8.89. The fourth-order valence-electron chi connectivity index (χ4n) is 5.11. The van der Waals surface area contributed by atoms with Crippen LogP contribution in [0, 0.1) is 11.8 Å². The van der Waals surface area contributed by atoms with E-state index in [-0.39, 0.29) is 6.61 Å². The topological polar surface area (TPSA) is 35.9 Å². The van der Waals surface area contributed by atoms with Gasteiger partial charge in [0.2, 0.25) is 0 Å². The number of nitrogens with zero attached hydrogens (tertiary/aromatic N) is 2. The summed E-state index contributed by atoms with van der Waals surface area (Å²) in [6.07, 6.45) is 3.15. The van der Waals surface area contributed by atoms with E-state index in [1.165, 1.54) is 18.4 Å². The zero-order valence-electron chi connectivity index (χ0n) is 18.6. The number of thiophene rings is 1. The van der Waals surface area contributed by atoms with Crippen LogP contribution >= 0.6 is 34.5 Å². The van der Waals surface area contributed by atoms with E-state index in [1.807, 2.05) is 12.1 Å². The van der Waals surface area contributed by atoms with Gasteiger partial charge in [-0.15, -0.1) is 0 Å². The number of ether oxygens (including phenoxy) is 1. The summed E-state index contributed by atoms with van der Waals surface area (Å²) in [4.78, 5) is 5.22. The summed E-state index contributed by atoms with van der Waals surface area (Å²) >= 11 is 14.3. The number of likely N-dealkylation sites (tertiary alicyclic amines) is 2. The van der Waals surface area contributed by atoms with E-state index in [4.69, 9.17) is 33.0 Å². The molecule has 1 N–H and O–H groups in total. The first-order valence-corrected chi connectivity index (χ1v) is 13.4. The third-order valence-corrected chi connectivity index (χ3v) is 8.19. The van der Waals surface area contributed by atoms with E-state index in [0.717, 1.165) is 62.9 Å². The number of piperidine rings is 1. The summed E-state index contributed by atoms with van der Waals surface area (Å²) in [5.41, 5.74) is 2.64. The molecule has 176 valence electrons. The molecule has 0 amide bonds. The van der Waals surface area contributed by atoms with Crippen molar-refractivity contribution in [1.82, 2.24) is 9.80 Å². The quantitative estimate of drug-likeness (QED) is 0.447. The minimum Gasteiger partial charge on any atom is -0.396 e. The number of aliphatic hydroxyl groups is 1. The molecule has 0 radical (unpaired) electrons. The second-order valence-corrected chi connectivity index (χ2v) is 10.9. The zero-order valence-corrected chi connectivity index (χ0v) is 20.9. The van der Waals surface area contributed by atoms with Gasteiger partial charge in [0.05, 0.1) is 0 Å². The van der Waals surface area contributed by atoms with Crippen molar-refractivity contribution in [1.29, 1.82) is 0 Å². The van der Waals surface area contributed by atoms with Crippen molar-refractivity contribution in [2.24, 2.45) is 11.8 Å². The Kier molecular flexibility index (Phi) is 9.30. The Hall–Kier alpha value is -0.660. The zero-order chi connectivity index (χ0) is 22.3. The third-order valence-electron chi connectivity index (χ3n) is 6.90. The molecule has 0 saturated carbocycles. The molecule has 0 spiro atoms. The van der Waals surface area contributed by atoms with Crippen LogP contribution in [0.5, 0.6) is 0 Å². The number of rotatable bonds is 10. The molecular weight excluding hydrogens is 463 g/mol. The largest absolute Gasteiger partial charge is 0.396 e. The first kappa shape index (κ1) is 24.5. The van der Waals surface area contributed by atoms with Crippen LogP contribution in [-0.2, 0) is 11.3 Å². The summed E-state index contributed by atoms with van der Waals surface area (Å²) in [5, 5.41) is 14.9. The number of benzene rings is 1. The first-order chi connectivity index (χ1) is 15.6. The molecule has 7 heteroatoms. The fraction of sp³-hybridized carbons (Fsp3) is 0.600. The van der Waals surface area contributed by atoms with Crippen LogP contribution in [0.2, 0.25) is 10.0 Å². The third kappa shape index (κ3) is 6.69. The van der Waals surface area contributed by atoms with Crippen molar-refractivity contribution in [3.8, 4) is 0 Å². The molecule has 2 fully saturated rings. The lowest BCUT2D eigenvalue weighted by Gasteiger charge is -2.34. The van der Waals surface area contributed by atoms with E-state index >= 15 is 0 Å². The monoisotopic (exact) mass is 496 g/mol. The average molecular weight is 498 g/mol. The fourth-order valence-corrected chi connectivity index (χ4v) is 6.31. The highest BCUT2D eigenvalue weighted by Gasteiger charge is 2.35. The predicted molar refractivity (Wildman–Crippen MR) is 134 cm³/mol. The van der Waals surface area contributed by atoms with Gasteiger partial charge in [0.1, 0.15) is 0 Å². The van der Waals surface area contributed by atoms with Crippen LogP contribution in [0.4, 0.5) is 0 Å². The van der Waals surface area contributed by atoms with Gasteiger partial charge in [-0.25, -0.2) is 0 Å². The summed E-state index contributed by atoms with van der Waals surface area (Å²) in [5.74, 6) is 1.87. The van der Waals surface area contributed by atoms with Crippen molar-refractivity contribution in [3.63, 3.8) is 0 Å². The van der Waals surface area contributed by atoms with Crippen molar-refractivity contribution >= 4 is 34.5 Å². The molecule has 0 unspecified atom stereocenters. The molecule has 1 aromatic heterocycles. The Morgan fingerprint density at radius 3 is 2.66 bits per heavy atom. The molecule has 2 aromatic rings. The van der Waals surface area contributed by atoms with E-state index < -0.39 is 0 Å². The van der Waals surface area contributed by atoms with Crippen molar-refractivity contribution in [3.05, 3.63) is 56.2 Å². The van der Waals surface area contributed by atoms with Gasteiger partial charge in [-0.2, -0.15) is 11.3 Å². The van der Waals surface area contributed by atoms with Crippen molar-refractivity contribution < 1.29 is 9.84 Å². The molecule has 4 nitrogen and oxygen atoms in total. The summed E-state index contributed by atoms with van der Waals surface area (Å²) < 4.78 is 5.73. The van der Waals surface area contributed by atoms with Crippen LogP contribution in [0.3, 0.4) is 0 Å². The highest BCUT2D eigenvalue weighted by molar-refractivity contribution is 7.08. The molecule has 1 aromatic carbocycles. The second-order valence-electron chi connectivity index (χ2n) is 9.25. The normalized spacial score (nSPS) is 23.2. The van der Waals surface area contributed by atoms with Crippen LogP contribution < -0.4 is 0 Å². The Morgan fingerprint density at radius 2 is 1.94 bits per heavy atom. The molecule has 2 saturated heterocycles. The SMILES string of the molecule is OCCCOCC1CCN(C[C@H]2CN(Cc3ccc(Cl)cc3Cl)C[C@@H]2c2ccsc2)CC1. The van der Waals surface area contributed by atoms with Gasteiger partial charge >= 0.3 is 0 Å². The molecule has 32 heavy (non-hydrogen) atoms. The lowest BCUT2D eigenvalue weighted by atomic mass is 9.89. The van der Waals surface area contributed by atoms with Crippen LogP contribution in [0.25, 0.3) is 0 Å². The molecule has 2 aliphatic rings. The predicted octanol–water partition coefficient (Wildman–Crippen LogP) is 5.38. The molecular formula is C25H34Cl2N2O2S. The van der Waals surface area contributed by atoms with Gasteiger partial charge in [0, 0.05) is 62.0 Å². The maximum atomic E-state index is 8.89. The lowest BCUT2D eigenvalue weighted by Crippen LogP contribution is -2.39. The summed E-state index contributed by atoms with van der Waals surface area (Å²) in [6.45, 7) is 8.25. The number of hydrogen-bond acceptors (Lipinski definition) is 5. The molecule has 4 rings (SSSR count). The Morgan fingerprint density at radius 1 is 1.09 bits per heavy atom. The van der Waals surface area contributed by atoms with Gasteiger partial charge in [0.25, 0.3) is 0 Å². The highest BCUT2D eigenvalue weighted by atomic mass is 35.5. The number of aliphatic hydroxyl groups excluding tert-OH is 1. The Balaban J connectivity index is 1.32. The van der Waals surface area contributed by atoms with Gasteiger partial charge in [-0.3, -0.25) is 4.90 Å². The van der Waals surface area contributed by atoms with E-state index in [1.54, 1.807) is 11.3 Å². The number of halogens is 2. The van der Waals surface area contributed by atoms with Crippen LogP contribution in [-0.4, -0.2) is 67.5 Å². The molecule has 2 atom stereocenters. The lowest BCUT2D eigenvalue weighted by molar-refractivity contribution is 0.0560. The smallest absolute Gasteiger partial charge is 0.0495 e. The van der Waals surface area contributed by atoms with E-state index in [0.29, 0.717) is 29.4 Å². The minimum atomic E-state index is 0.215. The molecule has 3 heterocycles. The average Bonchev–Trinajstić information content (AvgIpc) is 3.44. The summed E-state index contributed by atoms with van der Waals surface area (Å²) in [6, 6.07) is 8.15. The Labute approximate surface area is 206 Å². The van der Waals surface area contributed by atoms with Crippen molar-refractivity contribution in [2.75, 3.05) is 52.5 Å². The molecule has 0 bridgehead atoms. The van der Waals surface area contributed by atoms with Gasteiger partial charge in [-0.05, 0) is 84.3 Å². The maximum Gasteiger partial charge on any atom is 0.0495 e. The van der Waals surface area contributed by atoms with Gasteiger partial charge in [0.15, 0.2) is 0 Å². The van der Waals surface area contributed by atoms with Gasteiger partial charge < -0.3 is 14.7 Å². The first-order valence-electron chi connectivity index (χ1n) is 11.7. The van der Waals surface area contributed by atoms with E-state index in [9.17, 15) is 0 Å². The standard InChI is InChI=1S/C25H34Cl2N2O2S/c26-23-3-2-20(25(27)12-23)13-29-15-22(24(16-29)21-6-11-32-18-21)14-28-7-4-19(5-8-28)17-31-10-1-9-30/h2-3,6,11-12,18-19,22,24,30H,1,4-5,7-10,13-17H2/t22-,24+/m0/s1. The number of hydrogen-bond donors (Lipinski definition) is 1. The second kappa shape index (κ2) is 12.2. The highest BCUT2D eigenvalue weighted by Crippen LogP contribution is 2.36. The molecule has 0 aliphatic carbocycles. The van der Waals surface area contributed by atoms with Gasteiger partial charge in [-0.1, -0.05) is 29.3 Å². The minimum absolute atomic E-state index is 0.215. The molecule has 2 aliphatic heterocycles. The van der Waals surface area contributed by atoms with Crippen molar-refractivity contribution in [2.45, 2.75) is 31.7 Å². The Bertz CT molecular complexity index is 827. The van der Waals surface area contributed by atoms with Crippen LogP contribution in [0.15, 0.2) is 35.0 Å².